The normalized spacial score (nSPS) is 10.5. The van der Waals surface area contributed by atoms with Crippen LogP contribution in [0.2, 0.25) is 0 Å². The Kier molecular flexibility index (Phi) is 4.94. The number of ketones is 1. The van der Waals surface area contributed by atoms with Gasteiger partial charge in [0.25, 0.3) is 0 Å². The molecule has 0 aliphatic heterocycles. The lowest BCUT2D eigenvalue weighted by Gasteiger charge is -2.10. The van der Waals surface area contributed by atoms with E-state index in [0.717, 1.165) is 0 Å². The van der Waals surface area contributed by atoms with Gasteiger partial charge in [0.05, 0.1) is 14.2 Å². The molecule has 1 heterocycles. The summed E-state index contributed by atoms with van der Waals surface area (Å²) in [5.74, 6) is -0.227. The fraction of sp³-hybridized carbons (Fsp3) is 0.150. The van der Waals surface area contributed by atoms with Gasteiger partial charge in [-0.3, -0.25) is 4.79 Å². The number of Topliss-reactive ketones (excluding diaryl/α,β-unsaturated/α-hetero) is 1. The Morgan fingerprint density at radius 2 is 1.70 bits per heavy atom. The Hall–Kier alpha value is -3.61. The Labute approximate surface area is 154 Å². The van der Waals surface area contributed by atoms with E-state index in [2.05, 4.69) is 0 Å². The molecule has 1 aromatic heterocycles. The minimum atomic E-state index is -0.901. The van der Waals surface area contributed by atoms with Crippen LogP contribution >= 0.6 is 0 Å². The summed E-state index contributed by atoms with van der Waals surface area (Å²) in [4.78, 5) is 36.1. The molecule has 27 heavy (non-hydrogen) atoms. The number of esters is 1. The molecule has 0 saturated carbocycles. The van der Waals surface area contributed by atoms with E-state index in [1.165, 1.54) is 45.4 Å². The summed E-state index contributed by atoms with van der Waals surface area (Å²) in [5, 5.41) is 0.514. The predicted octanol–water partition coefficient (Wildman–Crippen LogP) is 3.23. The highest BCUT2D eigenvalue weighted by molar-refractivity contribution is 5.96. The van der Waals surface area contributed by atoms with E-state index in [-0.39, 0.29) is 22.8 Å². The fourth-order valence-electron chi connectivity index (χ4n) is 2.50. The molecule has 0 fully saturated rings. The zero-order valence-electron chi connectivity index (χ0n) is 14.9. The molecule has 0 atom stereocenters. The third-order valence-corrected chi connectivity index (χ3v) is 3.93. The monoisotopic (exact) mass is 368 g/mol. The van der Waals surface area contributed by atoms with Crippen LogP contribution in [0.3, 0.4) is 0 Å². The second kappa shape index (κ2) is 7.33. The van der Waals surface area contributed by atoms with E-state index in [0.29, 0.717) is 22.3 Å². The van der Waals surface area contributed by atoms with Crippen molar-refractivity contribution in [2.75, 3.05) is 14.2 Å². The summed E-state index contributed by atoms with van der Waals surface area (Å²) in [7, 11) is 2.89. The SMILES string of the molecule is COc1ccc2oc(=O)c(C(=O)Oc3ccc(C(C)=O)cc3OC)cc2c1. The molecular weight excluding hydrogens is 352 g/mol. The molecule has 7 nitrogen and oxygen atoms in total. The zero-order valence-corrected chi connectivity index (χ0v) is 14.9. The second-order valence-electron chi connectivity index (χ2n) is 5.66. The summed E-state index contributed by atoms with van der Waals surface area (Å²) in [6.45, 7) is 1.41. The highest BCUT2D eigenvalue weighted by Gasteiger charge is 2.19. The van der Waals surface area contributed by atoms with Gasteiger partial charge in [0, 0.05) is 10.9 Å². The van der Waals surface area contributed by atoms with Gasteiger partial charge in [-0.1, -0.05) is 0 Å². The van der Waals surface area contributed by atoms with Crippen LogP contribution in [0.1, 0.15) is 27.6 Å². The molecule has 0 bridgehead atoms. The topological polar surface area (TPSA) is 92.0 Å². The van der Waals surface area contributed by atoms with Crippen LogP contribution in [-0.2, 0) is 0 Å². The van der Waals surface area contributed by atoms with Gasteiger partial charge in [0.1, 0.15) is 16.9 Å². The van der Waals surface area contributed by atoms with Crippen molar-refractivity contribution in [1.29, 1.82) is 0 Å². The highest BCUT2D eigenvalue weighted by Crippen LogP contribution is 2.29. The van der Waals surface area contributed by atoms with Gasteiger partial charge in [-0.15, -0.1) is 0 Å². The van der Waals surface area contributed by atoms with Crippen molar-refractivity contribution in [2.45, 2.75) is 6.92 Å². The van der Waals surface area contributed by atoms with Crippen molar-refractivity contribution in [2.24, 2.45) is 0 Å². The largest absolute Gasteiger partial charge is 0.497 e. The van der Waals surface area contributed by atoms with Crippen molar-refractivity contribution >= 4 is 22.7 Å². The summed E-state index contributed by atoms with van der Waals surface area (Å²) >= 11 is 0. The van der Waals surface area contributed by atoms with Gasteiger partial charge in [-0.05, 0) is 49.4 Å². The van der Waals surface area contributed by atoms with Crippen LogP contribution in [0.4, 0.5) is 0 Å². The van der Waals surface area contributed by atoms with Crippen molar-refractivity contribution in [3.63, 3.8) is 0 Å². The minimum absolute atomic E-state index is 0.0811. The van der Waals surface area contributed by atoms with Gasteiger partial charge < -0.3 is 18.6 Å². The molecule has 0 spiro atoms. The van der Waals surface area contributed by atoms with Gasteiger partial charge >= 0.3 is 11.6 Å². The first kappa shape index (κ1) is 18.2. The quantitative estimate of drug-likeness (QED) is 0.295. The van der Waals surface area contributed by atoms with Crippen molar-refractivity contribution < 1.29 is 28.2 Å². The van der Waals surface area contributed by atoms with Crippen molar-refractivity contribution in [3.8, 4) is 17.2 Å². The molecule has 0 aliphatic rings. The van der Waals surface area contributed by atoms with Crippen LogP contribution in [0.15, 0.2) is 51.7 Å². The number of fused-ring (bicyclic) bond motifs is 1. The molecule has 0 saturated heterocycles. The minimum Gasteiger partial charge on any atom is -0.497 e. The Balaban J connectivity index is 1.97. The van der Waals surface area contributed by atoms with Crippen LogP contribution in [0.5, 0.6) is 17.2 Å². The maximum atomic E-state index is 12.5. The summed E-state index contributed by atoms with van der Waals surface area (Å²) < 4.78 is 20.7. The van der Waals surface area contributed by atoms with E-state index >= 15 is 0 Å². The number of benzene rings is 2. The summed E-state index contributed by atoms with van der Waals surface area (Å²) in [6.07, 6.45) is 0. The number of rotatable bonds is 5. The van der Waals surface area contributed by atoms with E-state index in [4.69, 9.17) is 18.6 Å². The smallest absolute Gasteiger partial charge is 0.351 e. The van der Waals surface area contributed by atoms with Crippen LogP contribution < -0.4 is 19.8 Å². The molecule has 7 heteroatoms. The lowest BCUT2D eigenvalue weighted by molar-refractivity contribution is 0.0725. The lowest BCUT2D eigenvalue weighted by Crippen LogP contribution is -2.19. The lowest BCUT2D eigenvalue weighted by atomic mass is 10.1. The average Bonchev–Trinajstić information content (AvgIpc) is 2.67. The number of hydrogen-bond acceptors (Lipinski definition) is 7. The van der Waals surface area contributed by atoms with Gasteiger partial charge in [0.15, 0.2) is 17.3 Å². The molecule has 3 aromatic rings. The first-order valence-electron chi connectivity index (χ1n) is 7.96. The van der Waals surface area contributed by atoms with Crippen molar-refractivity contribution in [3.05, 3.63) is 64.0 Å². The molecule has 0 amide bonds. The van der Waals surface area contributed by atoms with E-state index < -0.39 is 11.6 Å². The maximum Gasteiger partial charge on any atom is 0.351 e. The maximum absolute atomic E-state index is 12.5. The Morgan fingerprint density at radius 1 is 0.926 bits per heavy atom. The third-order valence-electron chi connectivity index (χ3n) is 3.93. The van der Waals surface area contributed by atoms with Gasteiger partial charge in [-0.25, -0.2) is 9.59 Å². The summed E-state index contributed by atoms with van der Waals surface area (Å²) in [6, 6.07) is 10.6. The van der Waals surface area contributed by atoms with E-state index in [9.17, 15) is 14.4 Å². The Morgan fingerprint density at radius 3 is 2.37 bits per heavy atom. The van der Waals surface area contributed by atoms with Crippen molar-refractivity contribution in [1.82, 2.24) is 0 Å². The molecule has 2 aromatic carbocycles. The van der Waals surface area contributed by atoms with E-state index in [1.807, 2.05) is 0 Å². The van der Waals surface area contributed by atoms with Gasteiger partial charge in [-0.2, -0.15) is 0 Å². The standard InChI is InChI=1S/C20H16O7/c1-11(21)12-4-6-17(18(10-12)25-3)27-20(23)15-9-13-8-14(24-2)5-7-16(13)26-19(15)22/h4-10H,1-3H3. The molecule has 3 rings (SSSR count). The fourth-order valence-corrected chi connectivity index (χ4v) is 2.50. The number of methoxy groups -OCH3 is 2. The molecular formula is C20H16O7. The number of ether oxygens (including phenoxy) is 3. The first-order valence-corrected chi connectivity index (χ1v) is 7.96. The number of carbonyl (C=O) groups excluding carboxylic acids is 2. The highest BCUT2D eigenvalue weighted by atomic mass is 16.6. The predicted molar refractivity (Wildman–Crippen MR) is 97.0 cm³/mol. The zero-order chi connectivity index (χ0) is 19.6. The van der Waals surface area contributed by atoms with Gasteiger partial charge in [0.2, 0.25) is 0 Å². The third kappa shape index (κ3) is 3.67. The molecule has 0 aliphatic carbocycles. The Bertz CT molecular complexity index is 1100. The van der Waals surface area contributed by atoms with E-state index in [1.54, 1.807) is 18.2 Å². The first-order chi connectivity index (χ1) is 12.9. The number of hydrogen-bond donors (Lipinski definition) is 0. The second-order valence-corrected chi connectivity index (χ2v) is 5.66. The molecule has 0 radical (unpaired) electrons. The molecule has 138 valence electrons. The van der Waals surface area contributed by atoms with Crippen LogP contribution in [0.25, 0.3) is 11.0 Å². The molecule has 0 N–H and O–H groups in total. The van der Waals surface area contributed by atoms with Crippen LogP contribution in [-0.4, -0.2) is 26.0 Å². The number of carbonyl (C=O) groups is 2. The van der Waals surface area contributed by atoms with Crippen LogP contribution in [0, 0.1) is 0 Å². The molecule has 0 unspecified atom stereocenters. The average molecular weight is 368 g/mol. The summed E-state index contributed by atoms with van der Waals surface area (Å²) in [5.41, 5.74) is -0.366.